The normalized spacial score (nSPS) is 11.4. The zero-order valence-electron chi connectivity index (χ0n) is 11.9. The second-order valence-electron chi connectivity index (χ2n) is 5.04. The summed E-state index contributed by atoms with van der Waals surface area (Å²) in [7, 11) is 0. The predicted octanol–water partition coefficient (Wildman–Crippen LogP) is 4.04. The Kier molecular flexibility index (Phi) is 4.94. The van der Waals surface area contributed by atoms with Crippen LogP contribution in [0, 0.1) is 0 Å². The molecule has 0 aliphatic heterocycles. The van der Waals surface area contributed by atoms with E-state index in [2.05, 4.69) is 0 Å². The zero-order chi connectivity index (χ0) is 16.4. The van der Waals surface area contributed by atoms with Crippen LogP contribution in [0.2, 0.25) is 15.1 Å². The fourth-order valence-electron chi connectivity index (χ4n) is 2.40. The van der Waals surface area contributed by atoms with Crippen LogP contribution < -0.4 is 13.1 Å². The standard InChI is InChI=1S/C18H12AsCl3O/c20-16-7-1-13(2-8-16)19(23,14-3-9-17(21)10-4-14)15-5-11-18(22)12-6-15/h1-12H. The molecule has 0 heterocycles. The first-order chi connectivity index (χ1) is 11.0. The Morgan fingerprint density at radius 3 is 0.913 bits per heavy atom. The van der Waals surface area contributed by atoms with Crippen molar-refractivity contribution in [1.29, 1.82) is 0 Å². The van der Waals surface area contributed by atoms with Gasteiger partial charge in [0.2, 0.25) is 0 Å². The Bertz CT molecular complexity index is 739. The molecule has 0 aliphatic rings. The van der Waals surface area contributed by atoms with Gasteiger partial charge in [-0.3, -0.25) is 0 Å². The van der Waals surface area contributed by atoms with Crippen molar-refractivity contribution < 1.29 is 3.74 Å². The van der Waals surface area contributed by atoms with Crippen LogP contribution in [-0.4, -0.2) is 13.5 Å². The van der Waals surface area contributed by atoms with Gasteiger partial charge in [0.05, 0.1) is 0 Å². The van der Waals surface area contributed by atoms with Crippen molar-refractivity contribution >= 4 is 61.3 Å². The second-order valence-corrected chi connectivity index (χ2v) is 12.2. The summed E-state index contributed by atoms with van der Waals surface area (Å²) in [4.78, 5) is 0. The van der Waals surface area contributed by atoms with Gasteiger partial charge in [0.15, 0.2) is 0 Å². The van der Waals surface area contributed by atoms with E-state index in [0.717, 1.165) is 13.1 Å². The summed E-state index contributed by atoms with van der Waals surface area (Å²) in [5, 5.41) is 1.84. The van der Waals surface area contributed by atoms with E-state index in [1.807, 2.05) is 36.4 Å². The summed E-state index contributed by atoms with van der Waals surface area (Å²) in [5.41, 5.74) is 0. The molecule has 3 aromatic rings. The molecule has 0 bridgehead atoms. The van der Waals surface area contributed by atoms with Gasteiger partial charge in [0.1, 0.15) is 0 Å². The van der Waals surface area contributed by atoms with E-state index in [9.17, 15) is 3.74 Å². The second kappa shape index (κ2) is 6.79. The number of rotatable bonds is 3. The van der Waals surface area contributed by atoms with Crippen molar-refractivity contribution in [3.8, 4) is 0 Å². The van der Waals surface area contributed by atoms with E-state index in [-0.39, 0.29) is 0 Å². The molecule has 1 nitrogen and oxygen atoms in total. The fourth-order valence-corrected chi connectivity index (χ4v) is 8.24. The minimum atomic E-state index is -3.80. The van der Waals surface area contributed by atoms with E-state index >= 15 is 0 Å². The number of hydrogen-bond donors (Lipinski definition) is 0. The van der Waals surface area contributed by atoms with E-state index in [4.69, 9.17) is 34.8 Å². The molecule has 116 valence electrons. The van der Waals surface area contributed by atoms with Crippen molar-refractivity contribution in [1.82, 2.24) is 0 Å². The summed E-state index contributed by atoms with van der Waals surface area (Å²) >= 11 is 14.1. The van der Waals surface area contributed by atoms with Crippen molar-refractivity contribution in [3.05, 3.63) is 87.9 Å². The molecule has 0 amide bonds. The Labute approximate surface area is 152 Å². The van der Waals surface area contributed by atoms with Crippen molar-refractivity contribution in [2.45, 2.75) is 0 Å². The number of benzene rings is 3. The predicted molar refractivity (Wildman–Crippen MR) is 99.7 cm³/mol. The molecule has 23 heavy (non-hydrogen) atoms. The molecule has 0 saturated carbocycles. The van der Waals surface area contributed by atoms with Crippen molar-refractivity contribution in [2.24, 2.45) is 0 Å². The fraction of sp³-hybridized carbons (Fsp3) is 0. The van der Waals surface area contributed by atoms with Crippen LogP contribution in [0.5, 0.6) is 0 Å². The first-order valence-corrected chi connectivity index (χ1v) is 11.6. The molecule has 0 spiro atoms. The average Bonchev–Trinajstić information content (AvgIpc) is 2.56. The Morgan fingerprint density at radius 2 is 0.696 bits per heavy atom. The maximum atomic E-state index is 14.1. The molecule has 0 unspecified atom stereocenters. The molecular formula is C18H12AsCl3O. The van der Waals surface area contributed by atoms with Gasteiger partial charge in [-0.05, 0) is 0 Å². The first-order valence-electron chi connectivity index (χ1n) is 6.88. The topological polar surface area (TPSA) is 17.1 Å². The van der Waals surface area contributed by atoms with Gasteiger partial charge in [-0.25, -0.2) is 0 Å². The third kappa shape index (κ3) is 3.39. The van der Waals surface area contributed by atoms with Crippen LogP contribution in [0.1, 0.15) is 0 Å². The summed E-state index contributed by atoms with van der Waals surface area (Å²) in [6, 6.07) is 21.5. The molecule has 0 saturated heterocycles. The van der Waals surface area contributed by atoms with Crippen LogP contribution in [0.3, 0.4) is 0 Å². The quantitative estimate of drug-likeness (QED) is 0.579. The average molecular weight is 426 g/mol. The molecule has 0 atom stereocenters. The van der Waals surface area contributed by atoms with Gasteiger partial charge in [0, 0.05) is 0 Å². The van der Waals surface area contributed by atoms with Gasteiger partial charge in [0.25, 0.3) is 0 Å². The maximum absolute atomic E-state index is 14.1. The van der Waals surface area contributed by atoms with Gasteiger partial charge < -0.3 is 0 Å². The minimum absolute atomic E-state index is 0.614. The van der Waals surface area contributed by atoms with Crippen molar-refractivity contribution in [2.75, 3.05) is 0 Å². The Hall–Kier alpha value is -1.11. The molecule has 0 aromatic heterocycles. The summed E-state index contributed by atoms with van der Waals surface area (Å²) in [6.45, 7) is 0. The molecule has 0 aliphatic carbocycles. The SMILES string of the molecule is O=[As](c1ccc(Cl)cc1)(c1ccc(Cl)cc1)c1ccc(Cl)cc1. The van der Waals surface area contributed by atoms with Crippen LogP contribution in [0.4, 0.5) is 0 Å². The molecular weight excluding hydrogens is 413 g/mol. The van der Waals surface area contributed by atoms with Gasteiger partial charge in [-0.15, -0.1) is 0 Å². The van der Waals surface area contributed by atoms with Crippen LogP contribution >= 0.6 is 34.8 Å². The van der Waals surface area contributed by atoms with Gasteiger partial charge in [-0.2, -0.15) is 0 Å². The van der Waals surface area contributed by atoms with Crippen LogP contribution in [-0.2, 0) is 3.74 Å². The van der Waals surface area contributed by atoms with Gasteiger partial charge in [-0.1, -0.05) is 0 Å². The number of hydrogen-bond acceptors (Lipinski definition) is 1. The molecule has 0 N–H and O–H groups in total. The van der Waals surface area contributed by atoms with Crippen molar-refractivity contribution in [3.63, 3.8) is 0 Å². The summed E-state index contributed by atoms with van der Waals surface area (Å²) in [5.74, 6) is 0. The summed E-state index contributed by atoms with van der Waals surface area (Å²) < 4.78 is 16.4. The van der Waals surface area contributed by atoms with E-state index < -0.39 is 13.5 Å². The molecule has 0 radical (unpaired) electrons. The van der Waals surface area contributed by atoms with Crippen LogP contribution in [0.25, 0.3) is 0 Å². The molecule has 3 aromatic carbocycles. The van der Waals surface area contributed by atoms with Crippen LogP contribution in [0.15, 0.2) is 72.8 Å². The summed E-state index contributed by atoms with van der Waals surface area (Å²) in [6.07, 6.45) is 0. The number of halogens is 3. The van der Waals surface area contributed by atoms with E-state index in [1.165, 1.54) is 0 Å². The third-order valence-corrected chi connectivity index (χ3v) is 10.8. The Balaban J connectivity index is 2.24. The third-order valence-electron chi connectivity index (χ3n) is 3.57. The molecule has 5 heteroatoms. The molecule has 0 fully saturated rings. The first kappa shape index (κ1) is 16.7. The Morgan fingerprint density at radius 1 is 0.478 bits per heavy atom. The van der Waals surface area contributed by atoms with Gasteiger partial charge >= 0.3 is 153 Å². The monoisotopic (exact) mass is 424 g/mol. The van der Waals surface area contributed by atoms with E-state index in [1.54, 1.807) is 36.4 Å². The van der Waals surface area contributed by atoms with E-state index in [0.29, 0.717) is 15.1 Å². The zero-order valence-corrected chi connectivity index (χ0v) is 16.1. The molecule has 3 rings (SSSR count).